The summed E-state index contributed by atoms with van der Waals surface area (Å²) in [5.74, 6) is 0.201. The number of carbonyl (C=O) groups excluding carboxylic acids is 1. The van der Waals surface area contributed by atoms with E-state index in [0.29, 0.717) is 12.3 Å². The fourth-order valence-corrected chi connectivity index (χ4v) is 2.44. The zero-order valence-corrected chi connectivity index (χ0v) is 14.2. The highest BCUT2D eigenvalue weighted by Crippen LogP contribution is 2.22. The Morgan fingerprint density at radius 2 is 1.96 bits per heavy atom. The lowest BCUT2D eigenvalue weighted by atomic mass is 10.1. The first kappa shape index (κ1) is 17.8. The van der Waals surface area contributed by atoms with E-state index in [1.54, 1.807) is 6.07 Å². The molecule has 0 aliphatic carbocycles. The molecule has 0 aliphatic rings. The van der Waals surface area contributed by atoms with Crippen LogP contribution >= 0.6 is 0 Å². The number of phenols is 1. The van der Waals surface area contributed by atoms with Gasteiger partial charge in [0.1, 0.15) is 11.5 Å². The van der Waals surface area contributed by atoms with Crippen molar-refractivity contribution >= 4 is 5.91 Å². The van der Waals surface area contributed by atoms with E-state index >= 15 is 0 Å². The van der Waals surface area contributed by atoms with Crippen LogP contribution in [0.2, 0.25) is 0 Å². The fourth-order valence-electron chi connectivity index (χ4n) is 2.44. The van der Waals surface area contributed by atoms with E-state index in [-0.39, 0.29) is 17.2 Å². The molecule has 0 atom stereocenters. The molecule has 0 bridgehead atoms. The molecule has 2 aromatic rings. The van der Waals surface area contributed by atoms with Gasteiger partial charge in [-0.25, -0.2) is 0 Å². The van der Waals surface area contributed by atoms with Crippen molar-refractivity contribution in [1.82, 2.24) is 10.2 Å². The van der Waals surface area contributed by atoms with E-state index in [1.807, 2.05) is 18.2 Å². The smallest absolute Gasteiger partial charge is 0.255 e. The van der Waals surface area contributed by atoms with Crippen molar-refractivity contribution in [2.45, 2.75) is 13.0 Å². The van der Waals surface area contributed by atoms with E-state index in [0.717, 1.165) is 19.5 Å². The zero-order chi connectivity index (χ0) is 17.4. The van der Waals surface area contributed by atoms with Gasteiger partial charge in [-0.15, -0.1) is 0 Å². The summed E-state index contributed by atoms with van der Waals surface area (Å²) in [6.45, 7) is 2.30. The Morgan fingerprint density at radius 3 is 2.67 bits per heavy atom. The van der Waals surface area contributed by atoms with Crippen LogP contribution in [-0.2, 0) is 6.54 Å². The van der Waals surface area contributed by atoms with Crippen LogP contribution in [0.4, 0.5) is 0 Å². The Morgan fingerprint density at radius 1 is 1.21 bits per heavy atom. The first-order chi connectivity index (χ1) is 11.6. The molecule has 0 spiro atoms. The second-order valence-corrected chi connectivity index (χ2v) is 5.72. The molecule has 0 aliphatic heterocycles. The minimum absolute atomic E-state index is 0.0468. The molecule has 5 nitrogen and oxygen atoms in total. The van der Waals surface area contributed by atoms with Crippen molar-refractivity contribution in [3.8, 4) is 11.5 Å². The van der Waals surface area contributed by atoms with E-state index in [4.69, 9.17) is 4.74 Å². The summed E-state index contributed by atoms with van der Waals surface area (Å²) >= 11 is 0. The van der Waals surface area contributed by atoms with Crippen LogP contribution in [0.25, 0.3) is 0 Å². The number of ether oxygens (including phenoxy) is 1. The predicted octanol–water partition coefficient (Wildman–Crippen LogP) is 2.65. The maximum atomic E-state index is 12.1. The quantitative estimate of drug-likeness (QED) is 0.731. The van der Waals surface area contributed by atoms with Crippen molar-refractivity contribution in [3.05, 3.63) is 59.7 Å². The molecule has 0 aromatic heterocycles. The van der Waals surface area contributed by atoms with E-state index in [9.17, 15) is 9.90 Å². The third-order valence-corrected chi connectivity index (χ3v) is 3.75. The summed E-state index contributed by atoms with van der Waals surface area (Å²) in [4.78, 5) is 14.3. The van der Waals surface area contributed by atoms with Crippen LogP contribution < -0.4 is 10.1 Å². The number of hydrogen-bond acceptors (Lipinski definition) is 4. The summed E-state index contributed by atoms with van der Waals surface area (Å²) in [6, 6.07) is 14.9. The van der Waals surface area contributed by atoms with Crippen molar-refractivity contribution in [2.75, 3.05) is 27.2 Å². The van der Waals surface area contributed by atoms with Gasteiger partial charge in [-0.3, -0.25) is 4.79 Å². The Labute approximate surface area is 142 Å². The molecule has 1 amide bonds. The number of nitrogens with zero attached hydrogens (tertiary/aromatic N) is 1. The molecular formula is C19H24N2O3. The highest BCUT2D eigenvalue weighted by Gasteiger charge is 2.12. The molecule has 24 heavy (non-hydrogen) atoms. The second-order valence-electron chi connectivity index (χ2n) is 5.72. The molecule has 0 unspecified atom stereocenters. The van der Waals surface area contributed by atoms with Gasteiger partial charge in [0.15, 0.2) is 0 Å². The topological polar surface area (TPSA) is 61.8 Å². The molecule has 2 rings (SSSR count). The summed E-state index contributed by atoms with van der Waals surface area (Å²) in [5, 5.41) is 12.6. The zero-order valence-electron chi connectivity index (χ0n) is 14.2. The predicted molar refractivity (Wildman–Crippen MR) is 94.4 cm³/mol. The van der Waals surface area contributed by atoms with Gasteiger partial charge >= 0.3 is 0 Å². The molecule has 0 saturated heterocycles. The van der Waals surface area contributed by atoms with Crippen molar-refractivity contribution < 1.29 is 14.6 Å². The van der Waals surface area contributed by atoms with Gasteiger partial charge in [0.25, 0.3) is 5.91 Å². The number of phenolic OH excluding ortho intramolecular Hbond substituents is 1. The lowest BCUT2D eigenvalue weighted by Gasteiger charge is -2.16. The normalized spacial score (nSPS) is 10.6. The highest BCUT2D eigenvalue weighted by atomic mass is 16.5. The maximum absolute atomic E-state index is 12.1. The fraction of sp³-hybridized carbons (Fsp3) is 0.316. The summed E-state index contributed by atoms with van der Waals surface area (Å²) in [6.07, 6.45) is 0.833. The third-order valence-electron chi connectivity index (χ3n) is 3.75. The number of benzene rings is 2. The molecule has 0 fully saturated rings. The van der Waals surface area contributed by atoms with Crippen LogP contribution in [0.3, 0.4) is 0 Å². The van der Waals surface area contributed by atoms with Crippen LogP contribution in [0.1, 0.15) is 22.3 Å². The second kappa shape index (κ2) is 8.93. The van der Waals surface area contributed by atoms with Crippen LogP contribution in [0, 0.1) is 0 Å². The summed E-state index contributed by atoms with van der Waals surface area (Å²) in [7, 11) is 3.58. The number of carbonyl (C=O) groups is 1. The first-order valence-corrected chi connectivity index (χ1v) is 7.98. The number of hydrogen-bond donors (Lipinski definition) is 2. The van der Waals surface area contributed by atoms with Gasteiger partial charge in [0.2, 0.25) is 0 Å². The van der Waals surface area contributed by atoms with Gasteiger partial charge in [0, 0.05) is 13.1 Å². The lowest BCUT2D eigenvalue weighted by molar-refractivity contribution is 0.0949. The van der Waals surface area contributed by atoms with Crippen molar-refractivity contribution in [2.24, 2.45) is 0 Å². The number of methoxy groups -OCH3 is 1. The number of rotatable bonds is 8. The lowest BCUT2D eigenvalue weighted by Crippen LogP contribution is -2.28. The maximum Gasteiger partial charge on any atom is 0.255 e. The number of amides is 1. The minimum atomic E-state index is -0.294. The van der Waals surface area contributed by atoms with E-state index in [1.165, 1.54) is 24.8 Å². The molecule has 0 radical (unpaired) electrons. The van der Waals surface area contributed by atoms with Gasteiger partial charge in [-0.2, -0.15) is 0 Å². The van der Waals surface area contributed by atoms with Crippen molar-refractivity contribution in [1.29, 1.82) is 0 Å². The Balaban J connectivity index is 1.75. The van der Waals surface area contributed by atoms with Gasteiger partial charge in [-0.1, -0.05) is 30.3 Å². The molecular weight excluding hydrogens is 304 g/mol. The number of nitrogens with one attached hydrogen (secondary N) is 1. The summed E-state index contributed by atoms with van der Waals surface area (Å²) < 4.78 is 5.08. The first-order valence-electron chi connectivity index (χ1n) is 7.98. The standard InChI is InChI=1S/C19H24N2O3/c1-21(14-15-7-4-3-5-8-15)12-6-11-20-19(23)17-13-16(24-2)9-10-18(17)22/h3-5,7-10,13,22H,6,11-12,14H2,1-2H3,(H,20,23). The van der Waals surface area contributed by atoms with Crippen LogP contribution in [-0.4, -0.2) is 43.2 Å². The van der Waals surface area contributed by atoms with Crippen LogP contribution in [0.5, 0.6) is 11.5 Å². The highest BCUT2D eigenvalue weighted by molar-refractivity contribution is 5.97. The van der Waals surface area contributed by atoms with Crippen LogP contribution in [0.15, 0.2) is 48.5 Å². The Bertz CT molecular complexity index is 659. The largest absolute Gasteiger partial charge is 0.507 e. The monoisotopic (exact) mass is 328 g/mol. The molecule has 5 heteroatoms. The summed E-state index contributed by atoms with van der Waals surface area (Å²) in [5.41, 5.74) is 1.50. The van der Waals surface area contributed by atoms with Crippen molar-refractivity contribution in [3.63, 3.8) is 0 Å². The average Bonchev–Trinajstić information content (AvgIpc) is 2.60. The average molecular weight is 328 g/mol. The molecule has 0 heterocycles. The Kier molecular flexibility index (Phi) is 6.63. The SMILES string of the molecule is COc1ccc(O)c(C(=O)NCCCN(C)Cc2ccccc2)c1. The number of aromatic hydroxyl groups is 1. The van der Waals surface area contributed by atoms with E-state index in [2.05, 4.69) is 29.4 Å². The Hall–Kier alpha value is -2.53. The van der Waals surface area contributed by atoms with Gasteiger partial charge < -0.3 is 20.1 Å². The van der Waals surface area contributed by atoms with E-state index < -0.39 is 0 Å². The third kappa shape index (κ3) is 5.28. The van der Waals surface area contributed by atoms with Gasteiger partial charge in [-0.05, 0) is 43.8 Å². The molecule has 2 N–H and O–H groups in total. The minimum Gasteiger partial charge on any atom is -0.507 e. The molecule has 0 saturated carbocycles. The molecule has 2 aromatic carbocycles. The molecule has 128 valence electrons. The van der Waals surface area contributed by atoms with Gasteiger partial charge in [0.05, 0.1) is 12.7 Å².